The zero-order chi connectivity index (χ0) is 34.2. The van der Waals surface area contributed by atoms with Crippen LogP contribution in [0.5, 0.6) is 0 Å². The molecule has 0 bridgehead atoms. The van der Waals surface area contributed by atoms with Crippen molar-refractivity contribution >= 4 is 11.6 Å². The summed E-state index contributed by atoms with van der Waals surface area (Å²) in [5.74, 6) is -5.00. The van der Waals surface area contributed by atoms with Crippen molar-refractivity contribution in [2.75, 3.05) is 6.61 Å². The average molecular weight is 649 g/mol. The number of carbonyl (C=O) groups is 2. The van der Waals surface area contributed by atoms with Gasteiger partial charge in [-0.2, -0.15) is 4.89 Å². The minimum atomic E-state index is -3.10. The fourth-order valence-corrected chi connectivity index (χ4v) is 5.36. The Balaban J connectivity index is 4.35. The molecule has 0 radical (unpaired) electrons. The second-order valence-corrected chi connectivity index (χ2v) is 12.6. The van der Waals surface area contributed by atoms with Gasteiger partial charge in [-0.1, -0.05) is 127 Å². The summed E-state index contributed by atoms with van der Waals surface area (Å²) in [6.07, 6.45) is 39.4. The van der Waals surface area contributed by atoms with E-state index in [1.807, 2.05) is 0 Å². The smallest absolute Gasteiger partial charge is 0.265 e. The summed E-state index contributed by atoms with van der Waals surface area (Å²) in [4.78, 5) is 30.0. The third kappa shape index (κ3) is 20.4. The largest absolute Gasteiger partial charge is 0.390 e. The predicted molar refractivity (Wildman–Crippen MR) is 189 cm³/mol. The molecule has 7 nitrogen and oxygen atoms in total. The molecule has 0 heterocycles. The van der Waals surface area contributed by atoms with Crippen LogP contribution in [-0.2, 0) is 14.5 Å². The van der Waals surface area contributed by atoms with E-state index in [4.69, 9.17) is 0 Å². The van der Waals surface area contributed by atoms with E-state index in [2.05, 4.69) is 67.3 Å². The van der Waals surface area contributed by atoms with E-state index in [1.54, 1.807) is 0 Å². The number of Topliss-reactive ketones (excluding diaryl/α,β-unsaturated/α-hetero) is 2. The van der Waals surface area contributed by atoms with Gasteiger partial charge >= 0.3 is 0 Å². The van der Waals surface area contributed by atoms with Crippen molar-refractivity contribution in [1.29, 1.82) is 0 Å². The number of ketones is 2. The molecule has 0 aromatic heterocycles. The molecule has 0 amide bonds. The Hall–Kier alpha value is -1.90. The van der Waals surface area contributed by atoms with Gasteiger partial charge in [-0.05, 0) is 77.0 Å². The second kappa shape index (κ2) is 30.4. The molecule has 7 heteroatoms. The molecule has 0 fully saturated rings. The van der Waals surface area contributed by atoms with E-state index in [1.165, 1.54) is 38.5 Å². The summed E-state index contributed by atoms with van der Waals surface area (Å²) >= 11 is 0. The predicted octanol–water partition coefficient (Wildman–Crippen LogP) is 9.65. The number of rotatable bonds is 33. The standard InChI is InChI=1S/C39H68O7/c1-3-5-7-9-11-13-15-17-19-21-23-25-27-29-31-33-36(41)39(44,38(43,35-40)46-45)37(42)34-32-30-28-26-24-22-20-18-16-14-12-10-8-6-4-2/h11-14,17-20,40,43-45H,3-10,15-16,21-35H2,1-2H3/b13-11-,14-12-,19-17-,20-18-. The second-order valence-electron chi connectivity index (χ2n) is 12.6. The number of unbranched alkanes of at least 4 members (excludes halogenated alkanes) is 16. The normalized spacial score (nSPS) is 14.0. The van der Waals surface area contributed by atoms with Crippen LogP contribution in [0.25, 0.3) is 0 Å². The van der Waals surface area contributed by atoms with Crippen LogP contribution >= 0.6 is 0 Å². The Labute approximate surface area is 280 Å². The highest BCUT2D eigenvalue weighted by Crippen LogP contribution is 2.30. The fraction of sp³-hybridized carbons (Fsp3) is 0.744. The third-order valence-corrected chi connectivity index (χ3v) is 8.45. The van der Waals surface area contributed by atoms with E-state index in [0.29, 0.717) is 12.8 Å². The fourth-order valence-electron chi connectivity index (χ4n) is 5.36. The summed E-state index contributed by atoms with van der Waals surface area (Å²) in [5, 5.41) is 40.4. The monoisotopic (exact) mass is 648 g/mol. The summed E-state index contributed by atoms with van der Waals surface area (Å²) in [6.45, 7) is 3.12. The minimum Gasteiger partial charge on any atom is -0.390 e. The lowest BCUT2D eigenvalue weighted by molar-refractivity contribution is -0.427. The number of hydrogen-bond donors (Lipinski definition) is 4. The SMILES string of the molecule is CCCCC/C=C\C/C=C\CCCCCCCC(=O)C(O)(C(=O)CCCCCCC/C=C\C/C=C\CCCCC)C(O)(CO)OO. The molecular weight excluding hydrogens is 580 g/mol. The lowest BCUT2D eigenvalue weighted by atomic mass is 9.80. The van der Waals surface area contributed by atoms with Gasteiger partial charge in [0.2, 0.25) is 5.60 Å². The van der Waals surface area contributed by atoms with Gasteiger partial charge in [-0.3, -0.25) is 9.59 Å². The maximum Gasteiger partial charge on any atom is 0.265 e. The quantitative estimate of drug-likeness (QED) is 0.0139. The minimum absolute atomic E-state index is 0.166. The van der Waals surface area contributed by atoms with Gasteiger partial charge in [0.1, 0.15) is 6.61 Å². The first-order valence-corrected chi connectivity index (χ1v) is 18.4. The highest BCUT2D eigenvalue weighted by molar-refractivity contribution is 6.11. The van der Waals surface area contributed by atoms with Crippen molar-refractivity contribution in [3.8, 4) is 0 Å². The molecule has 0 rings (SSSR count). The van der Waals surface area contributed by atoms with Gasteiger partial charge in [0, 0.05) is 12.8 Å². The first-order chi connectivity index (χ1) is 22.3. The maximum absolute atomic E-state index is 13.0. The van der Waals surface area contributed by atoms with Crippen molar-refractivity contribution < 1.29 is 35.1 Å². The highest BCUT2D eigenvalue weighted by Gasteiger charge is 2.60. The van der Waals surface area contributed by atoms with Gasteiger partial charge in [-0.15, -0.1) is 0 Å². The molecule has 0 aromatic carbocycles. The average Bonchev–Trinajstić information content (AvgIpc) is 3.07. The first-order valence-electron chi connectivity index (χ1n) is 18.4. The van der Waals surface area contributed by atoms with E-state index < -0.39 is 29.6 Å². The molecular formula is C39H68O7. The Kier molecular flexibility index (Phi) is 29.2. The summed E-state index contributed by atoms with van der Waals surface area (Å²) in [7, 11) is 0. The Bertz CT molecular complexity index is 796. The van der Waals surface area contributed by atoms with Crippen LogP contribution < -0.4 is 0 Å². The van der Waals surface area contributed by atoms with Crippen molar-refractivity contribution in [2.45, 2.75) is 179 Å². The molecule has 1 unspecified atom stereocenters. The molecule has 266 valence electrons. The van der Waals surface area contributed by atoms with Crippen LogP contribution in [0, 0.1) is 0 Å². The van der Waals surface area contributed by atoms with Crippen molar-refractivity contribution in [2.24, 2.45) is 0 Å². The number of hydrogen-bond acceptors (Lipinski definition) is 7. The van der Waals surface area contributed by atoms with Gasteiger partial charge in [0.05, 0.1) is 0 Å². The van der Waals surface area contributed by atoms with Gasteiger partial charge in [0.25, 0.3) is 5.79 Å². The molecule has 0 spiro atoms. The van der Waals surface area contributed by atoms with Crippen LogP contribution in [-0.4, -0.2) is 50.1 Å². The first kappa shape index (κ1) is 44.1. The molecule has 0 aromatic rings. The van der Waals surface area contributed by atoms with Crippen molar-refractivity contribution in [3.05, 3.63) is 48.6 Å². The van der Waals surface area contributed by atoms with E-state index in [9.17, 15) is 30.2 Å². The van der Waals surface area contributed by atoms with E-state index in [-0.39, 0.29) is 12.8 Å². The van der Waals surface area contributed by atoms with Crippen LogP contribution in [0.3, 0.4) is 0 Å². The third-order valence-electron chi connectivity index (χ3n) is 8.45. The Morgan fingerprint density at radius 2 is 0.848 bits per heavy atom. The van der Waals surface area contributed by atoms with Crippen LogP contribution in [0.2, 0.25) is 0 Å². The molecule has 46 heavy (non-hydrogen) atoms. The molecule has 0 saturated heterocycles. The van der Waals surface area contributed by atoms with E-state index in [0.717, 1.165) is 89.9 Å². The van der Waals surface area contributed by atoms with Gasteiger partial charge < -0.3 is 15.3 Å². The molecule has 0 aliphatic carbocycles. The van der Waals surface area contributed by atoms with E-state index >= 15 is 0 Å². The molecule has 0 aliphatic rings. The molecule has 0 aliphatic heterocycles. The zero-order valence-corrected chi connectivity index (χ0v) is 29.3. The number of aliphatic hydroxyl groups excluding tert-OH is 1. The summed E-state index contributed by atoms with van der Waals surface area (Å²) in [5.41, 5.74) is -3.03. The number of allylic oxidation sites excluding steroid dienone is 8. The molecule has 1 atom stereocenters. The van der Waals surface area contributed by atoms with Crippen molar-refractivity contribution in [1.82, 2.24) is 0 Å². The summed E-state index contributed by atoms with van der Waals surface area (Å²) in [6, 6.07) is 0. The Morgan fingerprint density at radius 3 is 1.17 bits per heavy atom. The van der Waals surface area contributed by atoms with Gasteiger partial charge in [-0.25, -0.2) is 5.26 Å². The zero-order valence-electron chi connectivity index (χ0n) is 29.3. The highest BCUT2D eigenvalue weighted by atomic mass is 17.1. The number of carbonyl (C=O) groups excluding carboxylic acids is 2. The van der Waals surface area contributed by atoms with Crippen LogP contribution in [0.4, 0.5) is 0 Å². The van der Waals surface area contributed by atoms with Gasteiger partial charge in [0.15, 0.2) is 11.6 Å². The van der Waals surface area contributed by atoms with Crippen LogP contribution in [0.15, 0.2) is 48.6 Å². The Morgan fingerprint density at radius 1 is 0.522 bits per heavy atom. The van der Waals surface area contributed by atoms with Crippen molar-refractivity contribution in [3.63, 3.8) is 0 Å². The molecule has 0 saturated carbocycles. The molecule has 4 N–H and O–H groups in total. The lowest BCUT2D eigenvalue weighted by Gasteiger charge is -2.37. The number of aliphatic hydroxyl groups is 3. The maximum atomic E-state index is 13.0. The summed E-state index contributed by atoms with van der Waals surface area (Å²) < 4.78 is 0. The topological polar surface area (TPSA) is 124 Å². The lowest BCUT2D eigenvalue weighted by Crippen LogP contribution is -2.67. The van der Waals surface area contributed by atoms with Crippen LogP contribution in [0.1, 0.15) is 168 Å².